The zero-order chi connectivity index (χ0) is 37.7. The van der Waals surface area contributed by atoms with Crippen LogP contribution in [0.5, 0.6) is 0 Å². The molecular weight excluding hydrogens is 709 g/mol. The number of hydrogen-bond donors (Lipinski definition) is 0. The van der Waals surface area contributed by atoms with Crippen molar-refractivity contribution in [2.45, 2.75) is 0 Å². The minimum Gasteiger partial charge on any atom is -0.310 e. The summed E-state index contributed by atoms with van der Waals surface area (Å²) < 4.78 is 5.03. The number of benzene rings is 9. The van der Waals surface area contributed by atoms with E-state index in [1.807, 2.05) is 11.3 Å². The van der Waals surface area contributed by atoms with Crippen molar-refractivity contribution in [1.82, 2.24) is 4.57 Å². The van der Waals surface area contributed by atoms with Gasteiger partial charge in [0.15, 0.2) is 0 Å². The SMILES string of the molecule is c1ccc(-c2cccc(N(c3ccc(-c4cccc(-n5c6ccccc6c6ccccc65)c4-c4ccccc4)cc3)c3ccc4c(c3)sc3ccccc34)c2)cc1. The Morgan fingerprint density at radius 1 is 0.333 bits per heavy atom. The van der Waals surface area contributed by atoms with E-state index in [0.717, 1.165) is 28.3 Å². The summed E-state index contributed by atoms with van der Waals surface area (Å²) in [6.07, 6.45) is 0. The van der Waals surface area contributed by atoms with Crippen LogP contribution in [0.15, 0.2) is 218 Å². The van der Waals surface area contributed by atoms with Gasteiger partial charge in [-0.3, -0.25) is 0 Å². The molecule has 2 heterocycles. The summed E-state index contributed by atoms with van der Waals surface area (Å²) in [6.45, 7) is 0. The fourth-order valence-corrected chi connectivity index (χ4v) is 9.74. The Balaban J connectivity index is 1.08. The van der Waals surface area contributed by atoms with Gasteiger partial charge >= 0.3 is 0 Å². The number of para-hydroxylation sites is 2. The molecule has 0 saturated carbocycles. The molecule has 0 bridgehead atoms. The highest BCUT2D eigenvalue weighted by Crippen LogP contribution is 2.44. The van der Waals surface area contributed by atoms with Crippen molar-refractivity contribution in [3.8, 4) is 39.1 Å². The first-order valence-electron chi connectivity index (χ1n) is 19.4. The quantitative estimate of drug-likeness (QED) is 0.158. The van der Waals surface area contributed by atoms with Crippen LogP contribution in [0.3, 0.4) is 0 Å². The molecule has 0 spiro atoms. The predicted octanol–water partition coefficient (Wildman–Crippen LogP) is 15.6. The predicted molar refractivity (Wildman–Crippen MR) is 245 cm³/mol. The van der Waals surface area contributed by atoms with Crippen LogP contribution < -0.4 is 4.90 Å². The summed E-state index contributed by atoms with van der Waals surface area (Å²) in [5.74, 6) is 0. The lowest BCUT2D eigenvalue weighted by molar-refractivity contribution is 1.18. The Morgan fingerprint density at radius 2 is 0.895 bits per heavy atom. The zero-order valence-corrected chi connectivity index (χ0v) is 31.9. The van der Waals surface area contributed by atoms with Gasteiger partial charge in [0, 0.05) is 53.6 Å². The normalized spacial score (nSPS) is 11.5. The monoisotopic (exact) mass is 744 g/mol. The molecule has 11 rings (SSSR count). The Hall–Kier alpha value is -7.20. The molecule has 0 aliphatic rings. The topological polar surface area (TPSA) is 8.17 Å². The molecule has 0 atom stereocenters. The molecule has 0 fully saturated rings. The summed E-state index contributed by atoms with van der Waals surface area (Å²) >= 11 is 1.86. The van der Waals surface area contributed by atoms with Crippen molar-refractivity contribution in [2.75, 3.05) is 4.90 Å². The standard InChI is InChI=1S/C54H36N2S/c1-3-15-37(16-4-1)40-19-13-20-42(35-40)55(43-33-34-48-47-23-9-12-28-52(47)57-53(48)36-43)41-31-29-38(30-32-41)44-24-14-27-51(54(44)39-17-5-2-6-18-39)56-49-25-10-7-21-45(49)46-22-8-11-26-50(46)56/h1-36H. The third-order valence-corrected chi connectivity index (χ3v) is 12.3. The van der Waals surface area contributed by atoms with Gasteiger partial charge in [0.1, 0.15) is 0 Å². The maximum Gasteiger partial charge on any atom is 0.0546 e. The van der Waals surface area contributed by atoms with E-state index in [-0.39, 0.29) is 0 Å². The molecule has 9 aromatic carbocycles. The molecule has 2 aromatic heterocycles. The minimum absolute atomic E-state index is 1.10. The van der Waals surface area contributed by atoms with Gasteiger partial charge in [-0.15, -0.1) is 11.3 Å². The summed E-state index contributed by atoms with van der Waals surface area (Å²) in [6, 6.07) is 79.4. The van der Waals surface area contributed by atoms with Crippen LogP contribution in [0.2, 0.25) is 0 Å². The minimum atomic E-state index is 1.10. The molecule has 268 valence electrons. The van der Waals surface area contributed by atoms with Crippen LogP contribution in [0, 0.1) is 0 Å². The van der Waals surface area contributed by atoms with E-state index >= 15 is 0 Å². The van der Waals surface area contributed by atoms with Crippen LogP contribution in [0.1, 0.15) is 0 Å². The summed E-state index contributed by atoms with van der Waals surface area (Å²) in [7, 11) is 0. The van der Waals surface area contributed by atoms with Gasteiger partial charge in [-0.05, 0) is 88.5 Å². The molecule has 3 heteroatoms. The van der Waals surface area contributed by atoms with Crippen molar-refractivity contribution >= 4 is 70.4 Å². The lowest BCUT2D eigenvalue weighted by atomic mass is 9.92. The first-order chi connectivity index (χ1) is 28.3. The average molecular weight is 745 g/mol. The molecular formula is C54H36N2S. The van der Waals surface area contributed by atoms with Crippen LogP contribution in [0.25, 0.3) is 81.0 Å². The van der Waals surface area contributed by atoms with E-state index in [1.165, 1.54) is 69.8 Å². The van der Waals surface area contributed by atoms with Gasteiger partial charge in [0.25, 0.3) is 0 Å². The molecule has 2 nitrogen and oxygen atoms in total. The number of nitrogens with zero attached hydrogens (tertiary/aromatic N) is 2. The highest BCUT2D eigenvalue weighted by molar-refractivity contribution is 7.25. The van der Waals surface area contributed by atoms with Gasteiger partial charge in [-0.25, -0.2) is 0 Å². The lowest BCUT2D eigenvalue weighted by Crippen LogP contribution is -2.10. The number of thiophene rings is 1. The molecule has 11 aromatic rings. The van der Waals surface area contributed by atoms with E-state index in [2.05, 4.69) is 228 Å². The summed E-state index contributed by atoms with van der Waals surface area (Å²) in [5.41, 5.74) is 14.0. The van der Waals surface area contributed by atoms with Crippen LogP contribution in [-0.2, 0) is 0 Å². The second-order valence-corrected chi connectivity index (χ2v) is 15.6. The molecule has 0 aliphatic heterocycles. The number of fused-ring (bicyclic) bond motifs is 6. The van der Waals surface area contributed by atoms with Crippen molar-refractivity contribution in [3.05, 3.63) is 218 Å². The third-order valence-electron chi connectivity index (χ3n) is 11.2. The second-order valence-electron chi connectivity index (χ2n) is 14.5. The molecule has 0 saturated heterocycles. The maximum absolute atomic E-state index is 2.44. The largest absolute Gasteiger partial charge is 0.310 e. The van der Waals surface area contributed by atoms with E-state index in [4.69, 9.17) is 0 Å². The van der Waals surface area contributed by atoms with Crippen molar-refractivity contribution in [2.24, 2.45) is 0 Å². The highest BCUT2D eigenvalue weighted by atomic mass is 32.1. The number of hydrogen-bond acceptors (Lipinski definition) is 2. The number of rotatable bonds is 7. The van der Waals surface area contributed by atoms with Crippen molar-refractivity contribution < 1.29 is 0 Å². The lowest BCUT2D eigenvalue weighted by Gasteiger charge is -2.26. The van der Waals surface area contributed by atoms with E-state index in [1.54, 1.807) is 0 Å². The van der Waals surface area contributed by atoms with Gasteiger partial charge < -0.3 is 9.47 Å². The average Bonchev–Trinajstić information content (AvgIpc) is 3.83. The van der Waals surface area contributed by atoms with Gasteiger partial charge in [0.2, 0.25) is 0 Å². The Labute approximate surface area is 335 Å². The molecule has 0 amide bonds. The fraction of sp³-hybridized carbons (Fsp3) is 0. The van der Waals surface area contributed by atoms with Crippen molar-refractivity contribution in [3.63, 3.8) is 0 Å². The van der Waals surface area contributed by atoms with Crippen LogP contribution in [-0.4, -0.2) is 4.57 Å². The van der Waals surface area contributed by atoms with Gasteiger partial charge in [0.05, 0.1) is 16.7 Å². The first kappa shape index (κ1) is 33.2. The van der Waals surface area contributed by atoms with E-state index < -0.39 is 0 Å². The molecule has 0 aliphatic carbocycles. The summed E-state index contributed by atoms with van der Waals surface area (Å²) in [4.78, 5) is 2.40. The van der Waals surface area contributed by atoms with E-state index in [0.29, 0.717) is 0 Å². The van der Waals surface area contributed by atoms with Gasteiger partial charge in [-0.2, -0.15) is 0 Å². The molecule has 0 N–H and O–H groups in total. The third kappa shape index (κ3) is 5.71. The number of aromatic nitrogens is 1. The van der Waals surface area contributed by atoms with E-state index in [9.17, 15) is 0 Å². The first-order valence-corrected chi connectivity index (χ1v) is 20.2. The maximum atomic E-state index is 2.44. The van der Waals surface area contributed by atoms with Crippen LogP contribution in [0.4, 0.5) is 17.1 Å². The highest BCUT2D eigenvalue weighted by Gasteiger charge is 2.20. The Morgan fingerprint density at radius 3 is 1.63 bits per heavy atom. The fourth-order valence-electron chi connectivity index (χ4n) is 8.60. The molecule has 0 radical (unpaired) electrons. The molecule has 0 unspecified atom stereocenters. The Kier molecular flexibility index (Phi) is 8.04. The Bertz CT molecular complexity index is 3180. The van der Waals surface area contributed by atoms with Gasteiger partial charge in [-0.1, -0.05) is 158 Å². The number of anilines is 3. The summed E-state index contributed by atoms with van der Waals surface area (Å²) in [5, 5.41) is 5.12. The molecule has 57 heavy (non-hydrogen) atoms. The zero-order valence-electron chi connectivity index (χ0n) is 31.1. The van der Waals surface area contributed by atoms with Crippen molar-refractivity contribution in [1.29, 1.82) is 0 Å². The van der Waals surface area contributed by atoms with Crippen LogP contribution >= 0.6 is 11.3 Å². The second kappa shape index (κ2) is 13.8. The smallest absolute Gasteiger partial charge is 0.0546 e.